The van der Waals surface area contributed by atoms with Crippen LogP contribution < -0.4 is 5.73 Å². The molecule has 0 spiro atoms. The average molecular weight is 276 g/mol. The number of amides is 1. The van der Waals surface area contributed by atoms with Crippen LogP contribution in [0.15, 0.2) is 30.3 Å². The molecule has 110 valence electrons. The van der Waals surface area contributed by atoms with Crippen LogP contribution in [0, 0.1) is 5.92 Å². The van der Waals surface area contributed by atoms with Gasteiger partial charge in [0.2, 0.25) is 5.91 Å². The maximum Gasteiger partial charge on any atom is 0.228 e. The van der Waals surface area contributed by atoms with Crippen molar-refractivity contribution in [2.45, 2.75) is 19.3 Å². The summed E-state index contributed by atoms with van der Waals surface area (Å²) in [4.78, 5) is 14.4. The van der Waals surface area contributed by atoms with E-state index in [-0.39, 0.29) is 11.8 Å². The lowest BCUT2D eigenvalue weighted by atomic mass is 10.0. The Labute approximate surface area is 120 Å². The number of carbonyl (C=O) groups is 1. The summed E-state index contributed by atoms with van der Waals surface area (Å²) in [5.74, 6) is 0.220. The molecule has 1 amide bonds. The van der Waals surface area contributed by atoms with E-state index in [1.54, 1.807) is 0 Å². The highest BCUT2D eigenvalue weighted by molar-refractivity contribution is 5.79. The van der Waals surface area contributed by atoms with Crippen LogP contribution in [0.2, 0.25) is 0 Å². The van der Waals surface area contributed by atoms with E-state index in [0.717, 1.165) is 32.4 Å². The molecule has 4 nitrogen and oxygen atoms in total. The van der Waals surface area contributed by atoms with E-state index in [4.69, 9.17) is 10.5 Å². The monoisotopic (exact) mass is 276 g/mol. The van der Waals surface area contributed by atoms with E-state index in [1.165, 1.54) is 5.56 Å². The lowest BCUT2D eigenvalue weighted by Crippen LogP contribution is -2.43. The van der Waals surface area contributed by atoms with Gasteiger partial charge in [-0.2, -0.15) is 0 Å². The van der Waals surface area contributed by atoms with E-state index in [9.17, 15) is 4.79 Å². The molecule has 0 radical (unpaired) electrons. The van der Waals surface area contributed by atoms with Crippen LogP contribution in [0.1, 0.15) is 18.4 Å². The second-order valence-corrected chi connectivity index (χ2v) is 5.26. The van der Waals surface area contributed by atoms with Gasteiger partial charge in [-0.05, 0) is 24.8 Å². The minimum atomic E-state index is 0.0195. The molecular weight excluding hydrogens is 252 g/mol. The molecule has 0 aromatic heterocycles. The highest BCUT2D eigenvalue weighted by Crippen LogP contribution is 2.16. The molecule has 2 N–H and O–H groups in total. The topological polar surface area (TPSA) is 55.6 Å². The summed E-state index contributed by atoms with van der Waals surface area (Å²) in [5, 5.41) is 0. The van der Waals surface area contributed by atoms with Crippen LogP contribution in [-0.2, 0) is 16.0 Å². The number of carbonyl (C=O) groups excluding carboxylic acids is 1. The summed E-state index contributed by atoms with van der Waals surface area (Å²) in [7, 11) is 0. The molecule has 0 aliphatic carbocycles. The van der Waals surface area contributed by atoms with Crippen LogP contribution in [-0.4, -0.2) is 43.7 Å². The van der Waals surface area contributed by atoms with Crippen molar-refractivity contribution in [2.24, 2.45) is 11.7 Å². The molecule has 1 aromatic carbocycles. The first-order chi connectivity index (χ1) is 9.81. The zero-order valence-electron chi connectivity index (χ0n) is 12.0. The summed E-state index contributed by atoms with van der Waals surface area (Å²) >= 11 is 0. The lowest BCUT2D eigenvalue weighted by molar-refractivity contribution is -0.139. The van der Waals surface area contributed by atoms with Gasteiger partial charge in [0, 0.05) is 26.2 Å². The van der Waals surface area contributed by atoms with Gasteiger partial charge in [0.1, 0.15) is 0 Å². The third kappa shape index (κ3) is 4.32. The highest BCUT2D eigenvalue weighted by Gasteiger charge is 2.25. The zero-order chi connectivity index (χ0) is 14.2. The second-order valence-electron chi connectivity index (χ2n) is 5.26. The Morgan fingerprint density at radius 1 is 1.30 bits per heavy atom. The standard InChI is InChI=1S/C16H24N2O2/c17-9-11-18(10-8-14-5-2-1-3-6-14)16(19)15-7-4-12-20-13-15/h1-3,5-6,15H,4,7-13,17H2. The normalized spacial score (nSPS) is 18.8. The van der Waals surface area contributed by atoms with Crippen molar-refractivity contribution in [1.29, 1.82) is 0 Å². The first kappa shape index (κ1) is 15.0. The van der Waals surface area contributed by atoms with Gasteiger partial charge >= 0.3 is 0 Å². The zero-order valence-corrected chi connectivity index (χ0v) is 12.0. The Bertz CT molecular complexity index is 402. The van der Waals surface area contributed by atoms with Crippen molar-refractivity contribution in [3.8, 4) is 0 Å². The van der Waals surface area contributed by atoms with E-state index < -0.39 is 0 Å². The molecule has 1 atom stereocenters. The molecule has 1 aliphatic heterocycles. The lowest BCUT2D eigenvalue weighted by Gasteiger charge is -2.29. The summed E-state index contributed by atoms with van der Waals surface area (Å²) in [6, 6.07) is 10.2. The Hall–Kier alpha value is -1.39. The van der Waals surface area contributed by atoms with Crippen LogP contribution >= 0.6 is 0 Å². The molecule has 1 unspecified atom stereocenters. The fourth-order valence-electron chi connectivity index (χ4n) is 2.59. The van der Waals surface area contributed by atoms with Gasteiger partial charge in [0.15, 0.2) is 0 Å². The van der Waals surface area contributed by atoms with Gasteiger partial charge in [-0.15, -0.1) is 0 Å². The van der Waals surface area contributed by atoms with E-state index in [2.05, 4.69) is 12.1 Å². The number of hydrogen-bond donors (Lipinski definition) is 1. The number of hydrogen-bond acceptors (Lipinski definition) is 3. The molecule has 20 heavy (non-hydrogen) atoms. The number of nitrogens with zero attached hydrogens (tertiary/aromatic N) is 1. The van der Waals surface area contributed by atoms with Gasteiger partial charge in [0.05, 0.1) is 12.5 Å². The van der Waals surface area contributed by atoms with Crippen molar-refractivity contribution >= 4 is 5.91 Å². The van der Waals surface area contributed by atoms with Crippen LogP contribution in [0.4, 0.5) is 0 Å². The average Bonchev–Trinajstić information content (AvgIpc) is 2.52. The number of rotatable bonds is 6. The summed E-state index contributed by atoms with van der Waals surface area (Å²) in [6.07, 6.45) is 2.79. The maximum absolute atomic E-state index is 12.5. The molecule has 1 heterocycles. The fraction of sp³-hybridized carbons (Fsp3) is 0.562. The van der Waals surface area contributed by atoms with Gasteiger partial charge in [-0.25, -0.2) is 0 Å². The molecule has 4 heteroatoms. The van der Waals surface area contributed by atoms with Crippen molar-refractivity contribution < 1.29 is 9.53 Å². The maximum atomic E-state index is 12.5. The fourth-order valence-corrected chi connectivity index (χ4v) is 2.59. The Balaban J connectivity index is 1.90. The van der Waals surface area contributed by atoms with Crippen LogP contribution in [0.5, 0.6) is 0 Å². The second kappa shape index (κ2) is 8.02. The van der Waals surface area contributed by atoms with Crippen LogP contribution in [0.25, 0.3) is 0 Å². The Morgan fingerprint density at radius 3 is 2.75 bits per heavy atom. The molecule has 2 rings (SSSR count). The highest BCUT2D eigenvalue weighted by atomic mass is 16.5. The first-order valence-electron chi connectivity index (χ1n) is 7.42. The molecular formula is C16H24N2O2. The quantitative estimate of drug-likeness (QED) is 0.855. The van der Waals surface area contributed by atoms with E-state index in [1.807, 2.05) is 23.1 Å². The Kier molecular flexibility index (Phi) is 6.02. The summed E-state index contributed by atoms with van der Waals surface area (Å²) < 4.78 is 5.42. The molecule has 0 saturated carbocycles. The molecule has 1 fully saturated rings. The molecule has 1 aliphatic rings. The van der Waals surface area contributed by atoms with Crippen LogP contribution in [0.3, 0.4) is 0 Å². The predicted octanol–water partition coefficient (Wildman–Crippen LogP) is 1.44. The van der Waals surface area contributed by atoms with Crippen molar-refractivity contribution in [3.63, 3.8) is 0 Å². The molecule has 1 saturated heterocycles. The summed E-state index contributed by atoms with van der Waals surface area (Å²) in [5.41, 5.74) is 6.89. The smallest absolute Gasteiger partial charge is 0.228 e. The first-order valence-corrected chi connectivity index (χ1v) is 7.42. The van der Waals surface area contributed by atoms with Crippen molar-refractivity contribution in [3.05, 3.63) is 35.9 Å². The molecule has 1 aromatic rings. The van der Waals surface area contributed by atoms with E-state index >= 15 is 0 Å². The largest absolute Gasteiger partial charge is 0.381 e. The van der Waals surface area contributed by atoms with Gasteiger partial charge in [-0.3, -0.25) is 4.79 Å². The summed E-state index contributed by atoms with van der Waals surface area (Å²) in [6.45, 7) is 3.21. The number of benzene rings is 1. The van der Waals surface area contributed by atoms with E-state index in [0.29, 0.717) is 19.7 Å². The van der Waals surface area contributed by atoms with Gasteiger partial charge in [0.25, 0.3) is 0 Å². The minimum Gasteiger partial charge on any atom is -0.381 e. The number of ether oxygens (including phenoxy) is 1. The van der Waals surface area contributed by atoms with Crippen molar-refractivity contribution in [2.75, 3.05) is 32.8 Å². The third-order valence-corrected chi connectivity index (χ3v) is 3.73. The molecule has 0 bridgehead atoms. The third-order valence-electron chi connectivity index (χ3n) is 3.73. The SMILES string of the molecule is NCCN(CCc1ccccc1)C(=O)C1CCCOC1. The van der Waals surface area contributed by atoms with Gasteiger partial charge < -0.3 is 15.4 Å². The van der Waals surface area contributed by atoms with Crippen molar-refractivity contribution in [1.82, 2.24) is 4.90 Å². The number of nitrogens with two attached hydrogens (primary N) is 1. The minimum absolute atomic E-state index is 0.0195. The predicted molar refractivity (Wildman–Crippen MR) is 79.3 cm³/mol. The Morgan fingerprint density at radius 2 is 2.10 bits per heavy atom. The van der Waals surface area contributed by atoms with Gasteiger partial charge in [-0.1, -0.05) is 30.3 Å².